The van der Waals surface area contributed by atoms with Gasteiger partial charge in [-0.15, -0.1) is 0 Å². The molecule has 1 aromatic heterocycles. The number of hydrogen-bond acceptors (Lipinski definition) is 3. The molecular weight excluding hydrogens is 190 g/mol. The lowest BCUT2D eigenvalue weighted by molar-refractivity contribution is -0.377. The Bertz CT molecular complexity index is 273. The maximum atomic E-state index is 10.1. The van der Waals surface area contributed by atoms with Crippen LogP contribution in [0.15, 0.2) is 30.6 Å². The van der Waals surface area contributed by atoms with Gasteiger partial charge in [0.2, 0.25) is 0 Å². The molecule has 0 saturated carbocycles. The van der Waals surface area contributed by atoms with Gasteiger partial charge in [0.05, 0.1) is 11.5 Å². The molecule has 1 aliphatic rings. The number of pyridine rings is 1. The summed E-state index contributed by atoms with van der Waals surface area (Å²) in [6.07, 6.45) is 4.63. The Hall–Kier alpha value is -0.940. The topological polar surface area (TPSA) is 78.3 Å². The lowest BCUT2D eigenvalue weighted by atomic mass is 10.5. The van der Waals surface area contributed by atoms with E-state index in [-0.39, 0.29) is 5.48 Å². The number of H-pyrrole nitrogens is 1. The highest BCUT2D eigenvalue weighted by Gasteiger charge is 2.19. The molecule has 0 atom stereocenters. The Morgan fingerprint density at radius 3 is 1.54 bits per heavy atom. The first kappa shape index (κ1) is 12.1. The van der Waals surface area contributed by atoms with Gasteiger partial charge in [-0.05, 0) is 6.42 Å². The van der Waals surface area contributed by atoms with E-state index in [4.69, 9.17) is 0 Å². The van der Waals surface area contributed by atoms with Crippen molar-refractivity contribution in [2.75, 3.05) is 11.5 Å². The van der Waals surface area contributed by atoms with Crippen LogP contribution in [0.4, 0.5) is 0 Å². The van der Waals surface area contributed by atoms with Gasteiger partial charge in [0, 0.05) is 12.1 Å². The van der Waals surface area contributed by atoms with Crippen molar-refractivity contribution in [2.45, 2.75) is 6.42 Å². The van der Waals surface area contributed by atoms with Crippen molar-refractivity contribution in [3.8, 4) is 0 Å². The van der Waals surface area contributed by atoms with Crippen molar-refractivity contribution in [1.82, 2.24) is 0 Å². The van der Waals surface area contributed by atoms with E-state index in [0.29, 0.717) is 11.5 Å². The third-order valence-electron chi connectivity index (χ3n) is 1.52. The quantitative estimate of drug-likeness (QED) is 0.601. The third kappa shape index (κ3) is 5.32. The summed E-state index contributed by atoms with van der Waals surface area (Å²) in [5.74, 6) is 0.847. The van der Waals surface area contributed by atoms with Crippen LogP contribution >= 0.6 is 0 Å². The van der Waals surface area contributed by atoms with Crippen molar-refractivity contribution in [2.24, 2.45) is 0 Å². The Kier molecular flexibility index (Phi) is 5.25. The maximum absolute atomic E-state index is 10.1. The van der Waals surface area contributed by atoms with Crippen molar-refractivity contribution < 1.29 is 18.9 Å². The van der Waals surface area contributed by atoms with Crippen molar-refractivity contribution in [3.05, 3.63) is 30.6 Å². The molecule has 2 rings (SSSR count). The normalized spacial score (nSPS) is 16.9. The van der Waals surface area contributed by atoms with E-state index in [9.17, 15) is 8.42 Å². The average Bonchev–Trinajstić information content (AvgIpc) is 2.06. The number of aromatic amines is 1. The summed E-state index contributed by atoms with van der Waals surface area (Å²) in [6.45, 7) is 0. The molecule has 1 fully saturated rings. The third-order valence-corrected chi connectivity index (χ3v) is 3.34. The van der Waals surface area contributed by atoms with Gasteiger partial charge in [-0.3, -0.25) is 0 Å². The van der Waals surface area contributed by atoms with Crippen molar-refractivity contribution in [1.29, 1.82) is 0 Å². The van der Waals surface area contributed by atoms with Crippen LogP contribution in [0.5, 0.6) is 0 Å². The van der Waals surface area contributed by atoms with Crippen molar-refractivity contribution >= 4 is 9.84 Å². The zero-order valence-electron chi connectivity index (χ0n) is 7.18. The summed E-state index contributed by atoms with van der Waals surface area (Å²) in [6, 6.07) is 5.86. The molecule has 0 aliphatic carbocycles. The molecule has 0 unspecified atom stereocenters. The fourth-order valence-electron chi connectivity index (χ4n) is 0.722. The zero-order chi connectivity index (χ0) is 8.86. The molecule has 4 nitrogen and oxygen atoms in total. The predicted molar refractivity (Wildman–Crippen MR) is 48.2 cm³/mol. The second-order valence-corrected chi connectivity index (χ2v) is 4.89. The van der Waals surface area contributed by atoms with E-state index in [1.807, 2.05) is 30.6 Å². The van der Waals surface area contributed by atoms with Crippen LogP contribution in [0.2, 0.25) is 0 Å². The first-order valence-corrected chi connectivity index (χ1v) is 5.64. The Morgan fingerprint density at radius 2 is 1.46 bits per heavy atom. The van der Waals surface area contributed by atoms with Gasteiger partial charge in [-0.25, -0.2) is 13.4 Å². The van der Waals surface area contributed by atoms with Gasteiger partial charge in [-0.2, -0.15) is 0 Å². The van der Waals surface area contributed by atoms with Gasteiger partial charge in [0.15, 0.2) is 12.4 Å². The van der Waals surface area contributed by atoms with Gasteiger partial charge in [0.25, 0.3) is 0 Å². The lowest BCUT2D eigenvalue weighted by Crippen LogP contribution is -2.23. The minimum Gasteiger partial charge on any atom is -0.870 e. The van der Waals surface area contributed by atoms with Crippen LogP contribution in [0.3, 0.4) is 0 Å². The molecule has 0 radical (unpaired) electrons. The fourth-order valence-corrected chi connectivity index (χ4v) is 1.48. The minimum absolute atomic E-state index is 0. The highest BCUT2D eigenvalue weighted by Crippen LogP contribution is 2.06. The SMILES string of the molecule is O=S1(=O)CCC1.[OH-].c1cc[nH+]cc1. The van der Waals surface area contributed by atoms with Crippen LogP contribution in [0, 0.1) is 0 Å². The molecule has 1 saturated heterocycles. The molecule has 2 N–H and O–H groups in total. The average molecular weight is 203 g/mol. The molecule has 0 spiro atoms. The number of sulfone groups is 1. The van der Waals surface area contributed by atoms with Crippen LogP contribution in [0.25, 0.3) is 0 Å². The molecule has 2 heterocycles. The highest BCUT2D eigenvalue weighted by molar-refractivity contribution is 7.92. The second-order valence-electron chi connectivity index (χ2n) is 2.58. The summed E-state index contributed by atoms with van der Waals surface area (Å²) in [5.41, 5.74) is 0. The number of rotatable bonds is 0. The smallest absolute Gasteiger partial charge is 0.166 e. The van der Waals surface area contributed by atoms with Crippen LogP contribution in [-0.2, 0) is 9.84 Å². The van der Waals surface area contributed by atoms with Crippen molar-refractivity contribution in [3.63, 3.8) is 0 Å². The number of aromatic nitrogens is 1. The van der Waals surface area contributed by atoms with E-state index < -0.39 is 9.84 Å². The van der Waals surface area contributed by atoms with Crippen LogP contribution in [-0.4, -0.2) is 25.4 Å². The molecule has 1 aliphatic heterocycles. The number of hydrogen-bond donors (Lipinski definition) is 0. The largest absolute Gasteiger partial charge is 0.870 e. The summed E-state index contributed by atoms with van der Waals surface area (Å²) in [7, 11) is -2.48. The fraction of sp³-hybridized carbons (Fsp3) is 0.375. The molecular formula is C8H13NO3S. The van der Waals surface area contributed by atoms with Crippen LogP contribution in [0.1, 0.15) is 6.42 Å². The van der Waals surface area contributed by atoms with E-state index in [1.54, 1.807) is 0 Å². The maximum Gasteiger partial charge on any atom is 0.166 e. The van der Waals surface area contributed by atoms with Gasteiger partial charge in [-0.1, -0.05) is 6.07 Å². The zero-order valence-corrected chi connectivity index (χ0v) is 8.00. The molecule has 13 heavy (non-hydrogen) atoms. The molecule has 0 aromatic carbocycles. The lowest BCUT2D eigenvalue weighted by Gasteiger charge is -2.09. The van der Waals surface area contributed by atoms with E-state index >= 15 is 0 Å². The Labute approximate surface area is 77.9 Å². The Balaban J connectivity index is 0.000000206. The molecule has 0 amide bonds. The first-order valence-electron chi connectivity index (χ1n) is 3.82. The molecule has 5 heteroatoms. The highest BCUT2D eigenvalue weighted by atomic mass is 32.2. The van der Waals surface area contributed by atoms with E-state index in [2.05, 4.69) is 4.98 Å². The van der Waals surface area contributed by atoms with Gasteiger partial charge < -0.3 is 5.48 Å². The minimum atomic E-state index is -2.48. The van der Waals surface area contributed by atoms with Crippen LogP contribution < -0.4 is 4.98 Å². The summed E-state index contributed by atoms with van der Waals surface area (Å²) < 4.78 is 20.2. The molecule has 0 bridgehead atoms. The van der Waals surface area contributed by atoms with Gasteiger partial charge in [0.1, 0.15) is 9.84 Å². The molecule has 1 aromatic rings. The summed E-state index contributed by atoms with van der Waals surface area (Å²) in [4.78, 5) is 2.89. The standard InChI is InChI=1S/C5H5N.C3H6O2S.H2O/c1-2-4-6-5-3-1;4-6(5)2-1-3-6;/h1-5H;1-3H2;1H2. The second kappa shape index (κ2) is 5.66. The van der Waals surface area contributed by atoms with E-state index in [0.717, 1.165) is 6.42 Å². The van der Waals surface area contributed by atoms with Gasteiger partial charge >= 0.3 is 0 Å². The predicted octanol–water partition coefficient (Wildman–Crippen LogP) is 0.129. The molecule has 74 valence electrons. The monoisotopic (exact) mass is 203 g/mol. The first-order chi connectivity index (χ1) is 5.71. The summed E-state index contributed by atoms with van der Waals surface area (Å²) in [5, 5.41) is 0. The van der Waals surface area contributed by atoms with E-state index in [1.165, 1.54) is 0 Å². The Morgan fingerprint density at radius 1 is 1.00 bits per heavy atom. The number of nitrogens with one attached hydrogen (secondary N) is 1. The summed E-state index contributed by atoms with van der Waals surface area (Å²) >= 11 is 0.